The van der Waals surface area contributed by atoms with Crippen LogP contribution in [-0.2, 0) is 6.42 Å². The molecule has 2 rings (SSSR count). The van der Waals surface area contributed by atoms with Crippen LogP contribution in [0.3, 0.4) is 0 Å². The zero-order valence-electron chi connectivity index (χ0n) is 10.2. The van der Waals surface area contributed by atoms with Crippen molar-refractivity contribution < 1.29 is 5.11 Å². The van der Waals surface area contributed by atoms with Gasteiger partial charge in [-0.15, -0.1) is 0 Å². The van der Waals surface area contributed by atoms with Gasteiger partial charge in [0.2, 0.25) is 0 Å². The van der Waals surface area contributed by atoms with Crippen LogP contribution in [0.15, 0.2) is 36.4 Å². The molecule has 0 aliphatic heterocycles. The van der Waals surface area contributed by atoms with Crippen molar-refractivity contribution in [2.45, 2.75) is 13.3 Å². The van der Waals surface area contributed by atoms with E-state index in [1.165, 1.54) is 0 Å². The summed E-state index contributed by atoms with van der Waals surface area (Å²) in [4.78, 5) is 4.43. The van der Waals surface area contributed by atoms with Crippen molar-refractivity contribution in [3.8, 4) is 17.2 Å². The number of rotatable bonds is 3. The second-order valence-corrected chi connectivity index (χ2v) is 4.07. The van der Waals surface area contributed by atoms with Crippen LogP contribution in [0.25, 0.3) is 11.1 Å². The molecule has 0 saturated carbocycles. The van der Waals surface area contributed by atoms with E-state index in [0.29, 0.717) is 17.7 Å². The van der Waals surface area contributed by atoms with Gasteiger partial charge in [-0.25, -0.2) is 0 Å². The van der Waals surface area contributed by atoms with Gasteiger partial charge in [-0.3, -0.25) is 4.98 Å². The second kappa shape index (κ2) is 5.44. The molecule has 2 aromatic rings. The highest BCUT2D eigenvalue weighted by Crippen LogP contribution is 2.24. The summed E-state index contributed by atoms with van der Waals surface area (Å²) in [5.41, 5.74) is 4.10. The standard InChI is InChI=1S/C15H14N2O/c1-11-14(12-5-3-2-4-6-12)9-13(10-16)15(17-11)7-8-18/h2-6,9,18H,7-8H2,1H3. The van der Waals surface area contributed by atoms with Gasteiger partial charge in [0.25, 0.3) is 0 Å². The van der Waals surface area contributed by atoms with E-state index in [9.17, 15) is 0 Å². The average Bonchev–Trinajstić information content (AvgIpc) is 2.40. The van der Waals surface area contributed by atoms with E-state index >= 15 is 0 Å². The molecular formula is C15H14N2O. The van der Waals surface area contributed by atoms with Crippen LogP contribution in [-0.4, -0.2) is 16.7 Å². The highest BCUT2D eigenvalue weighted by atomic mass is 16.3. The molecule has 0 aliphatic carbocycles. The Morgan fingerprint density at radius 3 is 2.61 bits per heavy atom. The smallest absolute Gasteiger partial charge is 0.101 e. The molecule has 0 aliphatic rings. The van der Waals surface area contributed by atoms with E-state index in [0.717, 1.165) is 16.8 Å². The summed E-state index contributed by atoms with van der Waals surface area (Å²) in [7, 11) is 0. The highest BCUT2D eigenvalue weighted by Gasteiger charge is 2.09. The molecule has 0 bridgehead atoms. The Morgan fingerprint density at radius 2 is 2.00 bits per heavy atom. The molecule has 0 amide bonds. The normalized spacial score (nSPS) is 10.1. The first-order valence-corrected chi connectivity index (χ1v) is 5.83. The predicted molar refractivity (Wildman–Crippen MR) is 69.9 cm³/mol. The highest BCUT2D eigenvalue weighted by molar-refractivity contribution is 5.67. The van der Waals surface area contributed by atoms with Gasteiger partial charge in [0, 0.05) is 24.3 Å². The maximum absolute atomic E-state index is 9.14. The van der Waals surface area contributed by atoms with Gasteiger partial charge in [-0.05, 0) is 18.6 Å². The third-order valence-electron chi connectivity index (χ3n) is 2.85. The maximum Gasteiger partial charge on any atom is 0.101 e. The van der Waals surface area contributed by atoms with Crippen LogP contribution >= 0.6 is 0 Å². The van der Waals surface area contributed by atoms with Gasteiger partial charge in [0.15, 0.2) is 0 Å². The molecule has 0 unspecified atom stereocenters. The topological polar surface area (TPSA) is 56.9 Å². The van der Waals surface area contributed by atoms with Crippen LogP contribution in [0.5, 0.6) is 0 Å². The van der Waals surface area contributed by atoms with Gasteiger partial charge in [-0.1, -0.05) is 30.3 Å². The fourth-order valence-electron chi connectivity index (χ4n) is 1.96. The second-order valence-electron chi connectivity index (χ2n) is 4.07. The Kier molecular flexibility index (Phi) is 3.71. The van der Waals surface area contributed by atoms with Gasteiger partial charge in [-0.2, -0.15) is 5.26 Å². The molecule has 1 heterocycles. The van der Waals surface area contributed by atoms with Gasteiger partial charge >= 0.3 is 0 Å². The first-order valence-electron chi connectivity index (χ1n) is 5.83. The van der Waals surface area contributed by atoms with E-state index in [2.05, 4.69) is 11.1 Å². The molecular weight excluding hydrogens is 224 g/mol. The molecule has 1 aromatic carbocycles. The van der Waals surface area contributed by atoms with Gasteiger partial charge in [0.05, 0.1) is 11.3 Å². The molecule has 0 atom stereocenters. The summed E-state index contributed by atoms with van der Waals surface area (Å²) >= 11 is 0. The Balaban J connectivity index is 2.54. The minimum Gasteiger partial charge on any atom is -0.396 e. The molecule has 18 heavy (non-hydrogen) atoms. The number of aliphatic hydroxyl groups excluding tert-OH is 1. The lowest BCUT2D eigenvalue weighted by Gasteiger charge is -2.09. The Labute approximate surface area is 106 Å². The number of hydrogen-bond acceptors (Lipinski definition) is 3. The van der Waals surface area contributed by atoms with E-state index < -0.39 is 0 Å². The van der Waals surface area contributed by atoms with Gasteiger partial charge < -0.3 is 5.11 Å². The van der Waals surface area contributed by atoms with Crippen molar-refractivity contribution in [2.75, 3.05) is 6.61 Å². The minimum absolute atomic E-state index is 0.00576. The van der Waals surface area contributed by atoms with Crippen LogP contribution in [0, 0.1) is 18.3 Å². The Hall–Kier alpha value is -2.18. The number of aliphatic hydroxyl groups is 1. The van der Waals surface area contributed by atoms with E-state index in [4.69, 9.17) is 10.4 Å². The molecule has 0 radical (unpaired) electrons. The summed E-state index contributed by atoms with van der Waals surface area (Å²) in [6.07, 6.45) is 0.415. The monoisotopic (exact) mass is 238 g/mol. The largest absolute Gasteiger partial charge is 0.396 e. The Bertz CT molecular complexity index is 585. The van der Waals surface area contributed by atoms with Crippen molar-refractivity contribution in [2.24, 2.45) is 0 Å². The predicted octanol–water partition coefficient (Wildman–Crippen LogP) is 2.46. The minimum atomic E-state index is 0.00576. The first kappa shape index (κ1) is 12.3. The van der Waals surface area contributed by atoms with Crippen molar-refractivity contribution in [1.29, 1.82) is 5.26 Å². The number of benzene rings is 1. The zero-order valence-corrected chi connectivity index (χ0v) is 10.2. The van der Waals surface area contributed by atoms with E-state index in [-0.39, 0.29) is 6.61 Å². The van der Waals surface area contributed by atoms with Crippen LogP contribution in [0.2, 0.25) is 0 Å². The lowest BCUT2D eigenvalue weighted by Crippen LogP contribution is -2.02. The third kappa shape index (κ3) is 2.39. The fourth-order valence-corrected chi connectivity index (χ4v) is 1.96. The molecule has 1 N–H and O–H groups in total. The average molecular weight is 238 g/mol. The van der Waals surface area contributed by atoms with Gasteiger partial charge in [0.1, 0.15) is 6.07 Å². The van der Waals surface area contributed by atoms with E-state index in [1.54, 1.807) is 0 Å². The number of hydrogen-bond donors (Lipinski definition) is 1. The number of aromatic nitrogens is 1. The first-order chi connectivity index (χ1) is 8.76. The van der Waals surface area contributed by atoms with E-state index in [1.807, 2.05) is 43.3 Å². The summed E-state index contributed by atoms with van der Waals surface area (Å²) in [5, 5.41) is 18.1. The van der Waals surface area contributed by atoms with Crippen molar-refractivity contribution in [3.05, 3.63) is 53.3 Å². The van der Waals surface area contributed by atoms with Crippen LogP contribution < -0.4 is 0 Å². The lowest BCUT2D eigenvalue weighted by molar-refractivity contribution is 0.298. The summed E-state index contributed by atoms with van der Waals surface area (Å²) in [6.45, 7) is 1.93. The fraction of sp³-hybridized carbons (Fsp3) is 0.200. The molecule has 0 spiro atoms. The van der Waals surface area contributed by atoms with Crippen LogP contribution in [0.4, 0.5) is 0 Å². The molecule has 0 saturated heterocycles. The van der Waals surface area contributed by atoms with Crippen molar-refractivity contribution in [3.63, 3.8) is 0 Å². The van der Waals surface area contributed by atoms with Crippen molar-refractivity contribution in [1.82, 2.24) is 4.98 Å². The molecule has 1 aromatic heterocycles. The summed E-state index contributed by atoms with van der Waals surface area (Å²) in [6, 6.07) is 13.9. The zero-order chi connectivity index (χ0) is 13.0. The van der Waals surface area contributed by atoms with Crippen molar-refractivity contribution >= 4 is 0 Å². The SMILES string of the molecule is Cc1nc(CCO)c(C#N)cc1-c1ccccc1. The summed E-state index contributed by atoms with van der Waals surface area (Å²) < 4.78 is 0. The third-order valence-corrected chi connectivity index (χ3v) is 2.85. The molecule has 0 fully saturated rings. The summed E-state index contributed by atoms with van der Waals surface area (Å²) in [5.74, 6) is 0. The number of pyridine rings is 1. The van der Waals surface area contributed by atoms with Crippen LogP contribution in [0.1, 0.15) is 17.0 Å². The molecule has 3 heteroatoms. The number of aryl methyl sites for hydroxylation is 1. The number of nitrogens with zero attached hydrogens (tertiary/aromatic N) is 2. The quantitative estimate of drug-likeness (QED) is 0.893. The maximum atomic E-state index is 9.14. The lowest BCUT2D eigenvalue weighted by atomic mass is 10.0. The molecule has 3 nitrogen and oxygen atoms in total. The number of nitriles is 1. The Morgan fingerprint density at radius 1 is 1.28 bits per heavy atom. The molecule has 90 valence electrons.